The molecule has 5 heteroatoms. The summed E-state index contributed by atoms with van der Waals surface area (Å²) >= 11 is 5.08. The van der Waals surface area contributed by atoms with Crippen molar-refractivity contribution in [2.24, 2.45) is 11.7 Å². The minimum Gasteiger partial charge on any atom is -0.389 e. The van der Waals surface area contributed by atoms with Crippen LogP contribution in [0.3, 0.4) is 0 Å². The summed E-state index contributed by atoms with van der Waals surface area (Å²) in [5.41, 5.74) is 7.57. The molecule has 0 aliphatic carbocycles. The fourth-order valence-corrected chi connectivity index (χ4v) is 2.79. The molecule has 3 N–H and O–H groups in total. The lowest BCUT2D eigenvalue weighted by Gasteiger charge is -2.20. The van der Waals surface area contributed by atoms with Gasteiger partial charge in [-0.25, -0.2) is 4.98 Å². The number of rotatable bonds is 5. The largest absolute Gasteiger partial charge is 0.389 e. The zero-order valence-electron chi connectivity index (χ0n) is 12.5. The standard InChI is InChI=1S/C15H24N4S/c1-10(2)19-7-6-12(9-19)8-17-15-13(14(16)20)5-4-11(3)18-15/h4-5,10,12H,6-9H2,1-3H3,(H2,16,20)(H,17,18). The Bertz CT molecular complexity index is 487. The number of nitrogens with one attached hydrogen (secondary N) is 1. The van der Waals surface area contributed by atoms with Crippen LogP contribution in [0.1, 0.15) is 31.5 Å². The monoisotopic (exact) mass is 292 g/mol. The predicted octanol–water partition coefficient (Wildman–Crippen LogP) is 2.17. The second-order valence-corrected chi connectivity index (χ2v) is 6.28. The fraction of sp³-hybridized carbons (Fsp3) is 0.600. The molecule has 0 spiro atoms. The van der Waals surface area contributed by atoms with E-state index in [-0.39, 0.29) is 0 Å². The van der Waals surface area contributed by atoms with Gasteiger partial charge in [0, 0.05) is 24.8 Å². The van der Waals surface area contributed by atoms with Crippen molar-refractivity contribution in [2.75, 3.05) is 25.0 Å². The summed E-state index contributed by atoms with van der Waals surface area (Å²) < 4.78 is 0. The Morgan fingerprint density at radius 3 is 2.90 bits per heavy atom. The molecule has 0 aromatic carbocycles. The van der Waals surface area contributed by atoms with Crippen LogP contribution in [0.2, 0.25) is 0 Å². The molecule has 2 heterocycles. The number of hydrogen-bond acceptors (Lipinski definition) is 4. The van der Waals surface area contributed by atoms with Crippen LogP contribution in [0, 0.1) is 12.8 Å². The maximum Gasteiger partial charge on any atom is 0.136 e. The number of anilines is 1. The van der Waals surface area contributed by atoms with E-state index in [2.05, 4.69) is 29.0 Å². The van der Waals surface area contributed by atoms with Gasteiger partial charge in [-0.05, 0) is 51.8 Å². The molecule has 1 saturated heterocycles. The fourth-order valence-electron chi connectivity index (χ4n) is 2.63. The highest BCUT2D eigenvalue weighted by molar-refractivity contribution is 7.80. The number of hydrogen-bond donors (Lipinski definition) is 2. The molecule has 0 bridgehead atoms. The van der Waals surface area contributed by atoms with Crippen molar-refractivity contribution in [2.45, 2.75) is 33.2 Å². The first-order valence-electron chi connectivity index (χ1n) is 7.22. The van der Waals surface area contributed by atoms with Gasteiger partial charge in [-0.1, -0.05) is 12.2 Å². The van der Waals surface area contributed by atoms with Gasteiger partial charge in [0.15, 0.2) is 0 Å². The van der Waals surface area contributed by atoms with Crippen LogP contribution in [0.25, 0.3) is 0 Å². The maximum absolute atomic E-state index is 5.75. The molecule has 1 fully saturated rings. The molecule has 1 aliphatic rings. The van der Waals surface area contributed by atoms with Gasteiger partial charge < -0.3 is 16.0 Å². The summed E-state index contributed by atoms with van der Waals surface area (Å²) in [7, 11) is 0. The predicted molar refractivity (Wildman–Crippen MR) is 88.2 cm³/mol. The Morgan fingerprint density at radius 1 is 1.55 bits per heavy atom. The highest BCUT2D eigenvalue weighted by atomic mass is 32.1. The molecule has 1 aromatic heterocycles. The third-order valence-electron chi connectivity index (χ3n) is 3.91. The quantitative estimate of drug-likeness (QED) is 0.815. The van der Waals surface area contributed by atoms with Gasteiger partial charge in [0.2, 0.25) is 0 Å². The van der Waals surface area contributed by atoms with Gasteiger partial charge in [0.1, 0.15) is 10.8 Å². The molecular weight excluding hydrogens is 268 g/mol. The van der Waals surface area contributed by atoms with Gasteiger partial charge >= 0.3 is 0 Å². The highest BCUT2D eigenvalue weighted by Gasteiger charge is 2.24. The van der Waals surface area contributed by atoms with Gasteiger partial charge in [-0.15, -0.1) is 0 Å². The van der Waals surface area contributed by atoms with Crippen molar-refractivity contribution < 1.29 is 0 Å². The molecule has 4 nitrogen and oxygen atoms in total. The van der Waals surface area contributed by atoms with Crippen LogP contribution in [0.15, 0.2) is 12.1 Å². The van der Waals surface area contributed by atoms with Crippen LogP contribution in [-0.2, 0) is 0 Å². The van der Waals surface area contributed by atoms with E-state index in [1.54, 1.807) is 0 Å². The minimum atomic E-state index is 0.398. The summed E-state index contributed by atoms with van der Waals surface area (Å²) in [6.45, 7) is 9.75. The number of nitrogens with two attached hydrogens (primary N) is 1. The molecule has 1 aliphatic heterocycles. The number of nitrogens with zero attached hydrogens (tertiary/aromatic N) is 2. The van der Waals surface area contributed by atoms with Gasteiger partial charge in [0.05, 0.1) is 5.56 Å². The van der Waals surface area contributed by atoms with Gasteiger partial charge in [-0.3, -0.25) is 0 Å². The SMILES string of the molecule is Cc1ccc(C(N)=S)c(NCC2CCN(C(C)C)C2)n1. The van der Waals surface area contributed by atoms with Crippen molar-refractivity contribution in [1.29, 1.82) is 0 Å². The Labute approximate surface area is 126 Å². The molecule has 1 unspecified atom stereocenters. The molecule has 110 valence electrons. The molecule has 20 heavy (non-hydrogen) atoms. The Hall–Kier alpha value is -1.20. The lowest BCUT2D eigenvalue weighted by molar-refractivity contribution is 0.266. The van der Waals surface area contributed by atoms with Crippen LogP contribution in [-0.4, -0.2) is 40.5 Å². The number of aryl methyl sites for hydroxylation is 1. The smallest absolute Gasteiger partial charge is 0.136 e. The first-order chi connectivity index (χ1) is 9.47. The normalized spacial score (nSPS) is 19.5. The molecule has 2 rings (SSSR count). The molecule has 0 radical (unpaired) electrons. The van der Waals surface area contributed by atoms with E-state index >= 15 is 0 Å². The lowest BCUT2D eigenvalue weighted by Crippen LogP contribution is -2.29. The van der Waals surface area contributed by atoms with Crippen molar-refractivity contribution in [3.63, 3.8) is 0 Å². The number of thiocarbonyl (C=S) groups is 1. The average Bonchev–Trinajstić information content (AvgIpc) is 2.85. The van der Waals surface area contributed by atoms with Crippen LogP contribution in [0.4, 0.5) is 5.82 Å². The van der Waals surface area contributed by atoms with E-state index < -0.39 is 0 Å². The van der Waals surface area contributed by atoms with Crippen LogP contribution >= 0.6 is 12.2 Å². The second-order valence-electron chi connectivity index (χ2n) is 5.84. The zero-order valence-corrected chi connectivity index (χ0v) is 13.3. The summed E-state index contributed by atoms with van der Waals surface area (Å²) in [5, 5.41) is 3.43. The molecular formula is C15H24N4S. The third-order valence-corrected chi connectivity index (χ3v) is 4.13. The summed E-state index contributed by atoms with van der Waals surface area (Å²) in [6.07, 6.45) is 1.24. The molecule has 0 amide bonds. The van der Waals surface area contributed by atoms with Gasteiger partial charge in [0.25, 0.3) is 0 Å². The van der Waals surface area contributed by atoms with E-state index in [4.69, 9.17) is 18.0 Å². The Balaban J connectivity index is 1.98. The van der Waals surface area contributed by atoms with E-state index in [0.29, 0.717) is 16.9 Å². The van der Waals surface area contributed by atoms with Crippen LogP contribution in [0.5, 0.6) is 0 Å². The Kier molecular flexibility index (Phi) is 4.94. The molecule has 1 atom stereocenters. The third kappa shape index (κ3) is 3.67. The van der Waals surface area contributed by atoms with E-state index in [1.807, 2.05) is 19.1 Å². The number of aromatic nitrogens is 1. The van der Waals surface area contributed by atoms with Crippen molar-refractivity contribution >= 4 is 23.0 Å². The lowest BCUT2D eigenvalue weighted by atomic mass is 10.1. The Morgan fingerprint density at radius 2 is 2.30 bits per heavy atom. The van der Waals surface area contributed by atoms with Gasteiger partial charge in [-0.2, -0.15) is 0 Å². The van der Waals surface area contributed by atoms with E-state index in [1.165, 1.54) is 13.0 Å². The first-order valence-corrected chi connectivity index (χ1v) is 7.63. The van der Waals surface area contributed by atoms with E-state index in [9.17, 15) is 0 Å². The maximum atomic E-state index is 5.75. The summed E-state index contributed by atoms with van der Waals surface area (Å²) in [5.74, 6) is 1.49. The van der Waals surface area contributed by atoms with Crippen LogP contribution < -0.4 is 11.1 Å². The van der Waals surface area contributed by atoms with Crippen molar-refractivity contribution in [3.8, 4) is 0 Å². The minimum absolute atomic E-state index is 0.398. The molecule has 0 saturated carbocycles. The topological polar surface area (TPSA) is 54.2 Å². The zero-order chi connectivity index (χ0) is 14.7. The summed E-state index contributed by atoms with van der Waals surface area (Å²) in [4.78, 5) is 7.43. The second kappa shape index (κ2) is 6.50. The van der Waals surface area contributed by atoms with Crippen molar-refractivity contribution in [3.05, 3.63) is 23.4 Å². The first kappa shape index (κ1) is 15.2. The van der Waals surface area contributed by atoms with E-state index in [0.717, 1.165) is 30.2 Å². The average molecular weight is 292 g/mol. The molecule has 1 aromatic rings. The summed E-state index contributed by atoms with van der Waals surface area (Å²) in [6, 6.07) is 4.52. The number of likely N-dealkylation sites (tertiary alicyclic amines) is 1. The number of pyridine rings is 1. The van der Waals surface area contributed by atoms with Crippen molar-refractivity contribution in [1.82, 2.24) is 9.88 Å². The highest BCUT2D eigenvalue weighted by Crippen LogP contribution is 2.20.